The molecule has 1 N–H and O–H groups in total. The molecule has 0 unspecified atom stereocenters. The molecule has 0 radical (unpaired) electrons. The van der Waals surface area contributed by atoms with Gasteiger partial charge in [0.1, 0.15) is 0 Å². The fraction of sp³-hybridized carbons (Fsp3) is 0.500. The van der Waals surface area contributed by atoms with Crippen molar-refractivity contribution in [2.24, 2.45) is 5.92 Å². The monoisotopic (exact) mass is 332 g/mol. The van der Waals surface area contributed by atoms with Gasteiger partial charge in [-0.1, -0.05) is 37.6 Å². The molecular weight excluding hydrogens is 312 g/mol. The molecule has 0 aromatic heterocycles. The van der Waals surface area contributed by atoms with E-state index in [1.54, 1.807) is 24.3 Å². The van der Waals surface area contributed by atoms with E-state index in [-0.39, 0.29) is 24.8 Å². The summed E-state index contributed by atoms with van der Waals surface area (Å²) in [6, 6.07) is 6.91. The third-order valence-corrected chi connectivity index (χ3v) is 4.37. The Hall–Kier alpha value is -1.11. The Morgan fingerprint density at radius 3 is 2.48 bits per heavy atom. The van der Waals surface area contributed by atoms with Crippen LogP contribution in [0.1, 0.15) is 20.3 Å². The van der Waals surface area contributed by atoms with Gasteiger partial charge in [-0.2, -0.15) is 0 Å². The van der Waals surface area contributed by atoms with Crippen molar-refractivity contribution >= 4 is 33.2 Å². The summed E-state index contributed by atoms with van der Waals surface area (Å²) >= 11 is 5.95. The number of hydrogen-bond acceptors (Lipinski definition) is 3. The van der Waals surface area contributed by atoms with Crippen LogP contribution in [-0.4, -0.2) is 38.0 Å². The number of carbonyl (C=O) groups is 1. The molecule has 0 saturated carbocycles. The molecular formula is C14H21ClN2O3S. The van der Waals surface area contributed by atoms with Crippen molar-refractivity contribution in [2.75, 3.05) is 24.7 Å². The van der Waals surface area contributed by atoms with E-state index in [0.717, 1.165) is 6.26 Å². The first-order valence-electron chi connectivity index (χ1n) is 6.69. The summed E-state index contributed by atoms with van der Waals surface area (Å²) in [6.07, 6.45) is 1.24. The minimum absolute atomic E-state index is 0.0883. The van der Waals surface area contributed by atoms with Gasteiger partial charge in [0.2, 0.25) is 15.9 Å². The number of para-hydroxylation sites is 1. The fourth-order valence-corrected chi connectivity index (χ4v) is 2.98. The topological polar surface area (TPSA) is 66.5 Å². The summed E-state index contributed by atoms with van der Waals surface area (Å²) in [5.74, 6) is -0.0631. The highest BCUT2D eigenvalue weighted by atomic mass is 35.5. The maximum atomic E-state index is 11.9. The number of benzene rings is 1. The van der Waals surface area contributed by atoms with Crippen molar-refractivity contribution in [3.05, 3.63) is 29.3 Å². The molecule has 7 heteroatoms. The van der Waals surface area contributed by atoms with Crippen LogP contribution in [0.2, 0.25) is 5.02 Å². The number of halogens is 1. The summed E-state index contributed by atoms with van der Waals surface area (Å²) < 4.78 is 24.7. The summed E-state index contributed by atoms with van der Waals surface area (Å²) in [5.41, 5.74) is 0.527. The maximum absolute atomic E-state index is 11.9. The first kappa shape index (κ1) is 17.9. The van der Waals surface area contributed by atoms with Crippen LogP contribution >= 0.6 is 11.6 Å². The zero-order valence-electron chi connectivity index (χ0n) is 12.5. The number of amides is 1. The normalized spacial score (nSPS) is 11.9. The van der Waals surface area contributed by atoms with E-state index >= 15 is 0 Å². The number of hydrogen-bond donors (Lipinski definition) is 1. The van der Waals surface area contributed by atoms with Crippen LogP contribution in [-0.2, 0) is 14.8 Å². The van der Waals surface area contributed by atoms with E-state index in [1.165, 1.54) is 4.31 Å². The lowest BCUT2D eigenvalue weighted by molar-refractivity contribution is -0.116. The molecule has 1 amide bonds. The lowest BCUT2D eigenvalue weighted by atomic mass is 10.2. The third kappa shape index (κ3) is 6.46. The second-order valence-corrected chi connectivity index (χ2v) is 7.68. The van der Waals surface area contributed by atoms with Gasteiger partial charge < -0.3 is 5.32 Å². The zero-order valence-corrected chi connectivity index (χ0v) is 14.0. The predicted molar refractivity (Wildman–Crippen MR) is 86.0 cm³/mol. The Labute approximate surface area is 131 Å². The molecule has 0 aliphatic heterocycles. The molecule has 0 bridgehead atoms. The van der Waals surface area contributed by atoms with Crippen LogP contribution in [0, 0.1) is 5.92 Å². The highest BCUT2D eigenvalue weighted by molar-refractivity contribution is 7.88. The Morgan fingerprint density at radius 2 is 1.95 bits per heavy atom. The summed E-state index contributed by atoms with van der Waals surface area (Å²) in [5, 5.41) is 3.13. The lowest BCUT2D eigenvalue weighted by Gasteiger charge is -2.21. The Balaban J connectivity index is 2.60. The van der Waals surface area contributed by atoms with Gasteiger partial charge in [0, 0.05) is 19.5 Å². The quantitative estimate of drug-likeness (QED) is 0.834. The molecule has 0 heterocycles. The number of nitrogens with one attached hydrogen (secondary N) is 1. The number of sulfonamides is 1. The number of carbonyl (C=O) groups excluding carboxylic acids is 1. The highest BCUT2D eigenvalue weighted by Gasteiger charge is 2.19. The average molecular weight is 333 g/mol. The Kier molecular flexibility index (Phi) is 6.64. The van der Waals surface area contributed by atoms with Gasteiger partial charge >= 0.3 is 0 Å². The van der Waals surface area contributed by atoms with Crippen molar-refractivity contribution in [3.63, 3.8) is 0 Å². The molecule has 0 aliphatic carbocycles. The fourth-order valence-electron chi connectivity index (χ4n) is 1.80. The van der Waals surface area contributed by atoms with E-state index in [0.29, 0.717) is 17.3 Å². The van der Waals surface area contributed by atoms with Crippen molar-refractivity contribution in [2.45, 2.75) is 20.3 Å². The molecule has 1 aromatic carbocycles. The van der Waals surface area contributed by atoms with Crippen molar-refractivity contribution in [3.8, 4) is 0 Å². The molecule has 1 aromatic rings. The number of rotatable bonds is 7. The molecule has 0 spiro atoms. The van der Waals surface area contributed by atoms with Crippen LogP contribution in [0.5, 0.6) is 0 Å². The Morgan fingerprint density at radius 1 is 1.33 bits per heavy atom. The van der Waals surface area contributed by atoms with Crippen LogP contribution in [0.4, 0.5) is 5.69 Å². The molecule has 0 aliphatic rings. The maximum Gasteiger partial charge on any atom is 0.225 e. The minimum Gasteiger partial charge on any atom is -0.325 e. The van der Waals surface area contributed by atoms with Crippen molar-refractivity contribution in [1.82, 2.24) is 4.31 Å². The Bertz CT molecular complexity index is 588. The minimum atomic E-state index is -3.31. The zero-order chi connectivity index (χ0) is 16.0. The van der Waals surface area contributed by atoms with Gasteiger partial charge in [-0.05, 0) is 18.1 Å². The molecule has 21 heavy (non-hydrogen) atoms. The first-order valence-corrected chi connectivity index (χ1v) is 8.92. The number of anilines is 1. The molecule has 0 atom stereocenters. The van der Waals surface area contributed by atoms with Gasteiger partial charge in [-0.25, -0.2) is 12.7 Å². The third-order valence-electron chi connectivity index (χ3n) is 2.77. The van der Waals surface area contributed by atoms with Crippen LogP contribution in [0.3, 0.4) is 0 Å². The van der Waals surface area contributed by atoms with Gasteiger partial charge in [0.15, 0.2) is 0 Å². The van der Waals surface area contributed by atoms with Crippen molar-refractivity contribution in [1.29, 1.82) is 0 Å². The second-order valence-electron chi connectivity index (χ2n) is 5.29. The van der Waals surface area contributed by atoms with E-state index in [9.17, 15) is 13.2 Å². The van der Waals surface area contributed by atoms with Gasteiger partial charge in [0.05, 0.1) is 17.0 Å². The molecule has 0 fully saturated rings. The predicted octanol–water partition coefficient (Wildman–Crippen LogP) is 2.59. The van der Waals surface area contributed by atoms with Gasteiger partial charge in [-0.15, -0.1) is 0 Å². The van der Waals surface area contributed by atoms with E-state index in [2.05, 4.69) is 5.32 Å². The second kappa shape index (κ2) is 7.77. The van der Waals surface area contributed by atoms with E-state index in [1.807, 2.05) is 13.8 Å². The van der Waals surface area contributed by atoms with Crippen LogP contribution < -0.4 is 5.32 Å². The summed E-state index contributed by atoms with van der Waals surface area (Å²) in [7, 11) is -3.31. The summed E-state index contributed by atoms with van der Waals surface area (Å²) in [6.45, 7) is 4.43. The molecule has 1 rings (SSSR count). The SMILES string of the molecule is CC(C)CN(CCC(=O)Nc1ccccc1Cl)S(C)(=O)=O. The molecule has 0 saturated heterocycles. The van der Waals surface area contributed by atoms with E-state index in [4.69, 9.17) is 11.6 Å². The lowest BCUT2D eigenvalue weighted by Crippen LogP contribution is -2.35. The standard InChI is InChI=1S/C14H21ClN2O3S/c1-11(2)10-17(21(3,19)20)9-8-14(18)16-13-7-5-4-6-12(13)15/h4-7,11H,8-10H2,1-3H3,(H,16,18). The van der Waals surface area contributed by atoms with Crippen LogP contribution in [0.25, 0.3) is 0 Å². The van der Waals surface area contributed by atoms with Gasteiger partial charge in [-0.3, -0.25) is 4.79 Å². The summed E-state index contributed by atoms with van der Waals surface area (Å²) in [4.78, 5) is 11.9. The number of nitrogens with zero attached hydrogens (tertiary/aromatic N) is 1. The average Bonchev–Trinajstić information content (AvgIpc) is 2.35. The van der Waals surface area contributed by atoms with E-state index < -0.39 is 10.0 Å². The largest absolute Gasteiger partial charge is 0.325 e. The first-order chi connectivity index (χ1) is 9.70. The molecule has 118 valence electrons. The van der Waals surface area contributed by atoms with Gasteiger partial charge in [0.25, 0.3) is 0 Å². The van der Waals surface area contributed by atoms with Crippen molar-refractivity contribution < 1.29 is 13.2 Å². The van der Waals surface area contributed by atoms with Crippen LogP contribution in [0.15, 0.2) is 24.3 Å². The smallest absolute Gasteiger partial charge is 0.225 e. The molecule has 5 nitrogen and oxygen atoms in total. The highest BCUT2D eigenvalue weighted by Crippen LogP contribution is 2.20.